The van der Waals surface area contributed by atoms with Gasteiger partial charge in [0.1, 0.15) is 0 Å². The average Bonchev–Trinajstić information content (AvgIpc) is 2.84. The highest BCUT2D eigenvalue weighted by Crippen LogP contribution is 2.33. The molecule has 30 heavy (non-hydrogen) atoms. The highest BCUT2D eigenvalue weighted by atomic mass is 14.2. The van der Waals surface area contributed by atoms with Crippen LogP contribution in [0.25, 0.3) is 0 Å². The molecule has 2 aliphatic rings. The second-order valence-corrected chi connectivity index (χ2v) is 9.04. The average molecular weight is 391 g/mol. The fourth-order valence-corrected chi connectivity index (χ4v) is 5.24. The molecule has 0 spiro atoms. The number of hydrogen-bond donors (Lipinski definition) is 0. The highest BCUT2D eigenvalue weighted by Gasteiger charge is 2.19. The molecule has 1 fully saturated rings. The summed E-state index contributed by atoms with van der Waals surface area (Å²) in [7, 11) is 0. The first-order valence-electron chi connectivity index (χ1n) is 11.6. The third-order valence-electron chi connectivity index (χ3n) is 7.07. The number of benzene rings is 3. The van der Waals surface area contributed by atoms with Gasteiger partial charge in [-0.2, -0.15) is 0 Å². The SMILES string of the molecule is C(#Cc1ccc(C2CCc3ccccc3C2)cc1)c1ccc(C2CCCCC2)cc1. The van der Waals surface area contributed by atoms with Crippen molar-refractivity contribution in [1.82, 2.24) is 0 Å². The fourth-order valence-electron chi connectivity index (χ4n) is 5.24. The van der Waals surface area contributed by atoms with Crippen LogP contribution < -0.4 is 0 Å². The Hall–Kier alpha value is -2.78. The van der Waals surface area contributed by atoms with E-state index in [0.29, 0.717) is 5.92 Å². The van der Waals surface area contributed by atoms with Gasteiger partial charge in [0.15, 0.2) is 0 Å². The van der Waals surface area contributed by atoms with Crippen molar-refractivity contribution in [1.29, 1.82) is 0 Å². The molecule has 150 valence electrons. The summed E-state index contributed by atoms with van der Waals surface area (Å²) >= 11 is 0. The van der Waals surface area contributed by atoms with Gasteiger partial charge < -0.3 is 0 Å². The van der Waals surface area contributed by atoms with E-state index < -0.39 is 0 Å². The molecule has 3 aromatic carbocycles. The first-order chi connectivity index (χ1) is 14.8. The number of rotatable bonds is 2. The monoisotopic (exact) mass is 390 g/mol. The predicted octanol–water partition coefficient (Wildman–Crippen LogP) is 7.41. The standard InChI is InChI=1S/C30H30/c1-2-6-25(7-3-1)27-16-12-23(13-17-27)10-11-24-14-18-28(19-15-24)30-21-20-26-8-4-5-9-29(26)22-30/h4-5,8-9,12-19,25,30H,1-3,6-7,20-22H2. The normalized spacial score (nSPS) is 18.9. The molecule has 0 saturated heterocycles. The van der Waals surface area contributed by atoms with Crippen LogP contribution in [0.3, 0.4) is 0 Å². The Labute approximate surface area is 181 Å². The van der Waals surface area contributed by atoms with Gasteiger partial charge in [-0.1, -0.05) is 79.6 Å². The Morgan fingerprint density at radius 2 is 1.10 bits per heavy atom. The van der Waals surface area contributed by atoms with Crippen LogP contribution in [0, 0.1) is 11.8 Å². The maximum Gasteiger partial charge on any atom is 0.0249 e. The second kappa shape index (κ2) is 8.93. The Morgan fingerprint density at radius 1 is 0.533 bits per heavy atom. The molecule has 0 aromatic heterocycles. The third kappa shape index (κ3) is 4.36. The van der Waals surface area contributed by atoms with E-state index in [1.54, 1.807) is 0 Å². The zero-order valence-electron chi connectivity index (χ0n) is 17.7. The van der Waals surface area contributed by atoms with Gasteiger partial charge >= 0.3 is 0 Å². The quantitative estimate of drug-likeness (QED) is 0.400. The van der Waals surface area contributed by atoms with Gasteiger partial charge in [0, 0.05) is 11.1 Å². The molecule has 1 unspecified atom stereocenters. The zero-order chi connectivity index (χ0) is 20.2. The lowest BCUT2D eigenvalue weighted by molar-refractivity contribution is 0.443. The summed E-state index contributed by atoms with van der Waals surface area (Å²) in [4.78, 5) is 0. The topological polar surface area (TPSA) is 0 Å². The second-order valence-electron chi connectivity index (χ2n) is 9.04. The van der Waals surface area contributed by atoms with Gasteiger partial charge in [0.05, 0.1) is 0 Å². The van der Waals surface area contributed by atoms with E-state index in [1.807, 2.05) is 0 Å². The van der Waals surface area contributed by atoms with Crippen LogP contribution in [0.1, 0.15) is 83.7 Å². The summed E-state index contributed by atoms with van der Waals surface area (Å²) in [5.74, 6) is 8.11. The molecular weight excluding hydrogens is 360 g/mol. The van der Waals surface area contributed by atoms with E-state index in [9.17, 15) is 0 Å². The molecule has 0 aliphatic heterocycles. The molecule has 1 saturated carbocycles. The van der Waals surface area contributed by atoms with Crippen LogP contribution in [-0.4, -0.2) is 0 Å². The van der Waals surface area contributed by atoms with E-state index in [2.05, 4.69) is 84.6 Å². The molecular formula is C30H30. The van der Waals surface area contributed by atoms with Gasteiger partial charge in [-0.3, -0.25) is 0 Å². The zero-order valence-corrected chi connectivity index (χ0v) is 17.7. The summed E-state index contributed by atoms with van der Waals surface area (Å²) in [6.07, 6.45) is 10.5. The first-order valence-corrected chi connectivity index (χ1v) is 11.6. The van der Waals surface area contributed by atoms with Crippen molar-refractivity contribution >= 4 is 0 Å². The van der Waals surface area contributed by atoms with Crippen LogP contribution in [0.2, 0.25) is 0 Å². The molecule has 2 aliphatic carbocycles. The molecule has 0 heteroatoms. The van der Waals surface area contributed by atoms with Gasteiger partial charge in [-0.05, 0) is 90.5 Å². The summed E-state index contributed by atoms with van der Waals surface area (Å²) in [6.45, 7) is 0. The summed E-state index contributed by atoms with van der Waals surface area (Å²) in [6, 6.07) is 26.9. The van der Waals surface area contributed by atoms with Gasteiger partial charge in [-0.15, -0.1) is 0 Å². The van der Waals surface area contributed by atoms with E-state index in [0.717, 1.165) is 23.5 Å². The lowest BCUT2D eigenvalue weighted by Crippen LogP contribution is -2.12. The van der Waals surface area contributed by atoms with Gasteiger partial charge in [-0.25, -0.2) is 0 Å². The molecule has 0 radical (unpaired) electrons. The Kier molecular flexibility index (Phi) is 5.71. The maximum absolute atomic E-state index is 3.36. The summed E-state index contributed by atoms with van der Waals surface area (Å²) in [5.41, 5.74) is 8.22. The largest absolute Gasteiger partial charge is 0.0620 e. The summed E-state index contributed by atoms with van der Waals surface area (Å²) < 4.78 is 0. The molecule has 0 N–H and O–H groups in total. The Bertz CT molecular complexity index is 1040. The molecule has 0 bridgehead atoms. The maximum atomic E-state index is 3.36. The van der Waals surface area contributed by atoms with Crippen molar-refractivity contribution in [2.24, 2.45) is 0 Å². The van der Waals surface area contributed by atoms with E-state index in [1.165, 1.54) is 67.2 Å². The van der Waals surface area contributed by atoms with E-state index in [4.69, 9.17) is 0 Å². The van der Waals surface area contributed by atoms with E-state index in [-0.39, 0.29) is 0 Å². The van der Waals surface area contributed by atoms with Crippen molar-refractivity contribution in [3.63, 3.8) is 0 Å². The van der Waals surface area contributed by atoms with Gasteiger partial charge in [0.25, 0.3) is 0 Å². The van der Waals surface area contributed by atoms with Crippen molar-refractivity contribution in [2.75, 3.05) is 0 Å². The number of hydrogen-bond acceptors (Lipinski definition) is 0. The predicted molar refractivity (Wildman–Crippen MR) is 126 cm³/mol. The lowest BCUT2D eigenvalue weighted by Gasteiger charge is -2.25. The van der Waals surface area contributed by atoms with Crippen LogP contribution in [0.15, 0.2) is 72.8 Å². The van der Waals surface area contributed by atoms with Crippen LogP contribution >= 0.6 is 0 Å². The first kappa shape index (κ1) is 19.2. The molecule has 5 rings (SSSR count). The molecule has 3 aromatic rings. The minimum Gasteiger partial charge on any atom is -0.0620 e. The Morgan fingerprint density at radius 3 is 1.73 bits per heavy atom. The lowest BCUT2D eigenvalue weighted by atomic mass is 9.80. The highest BCUT2D eigenvalue weighted by molar-refractivity contribution is 5.45. The molecule has 0 nitrogen and oxygen atoms in total. The minimum atomic E-state index is 0.634. The van der Waals surface area contributed by atoms with Crippen molar-refractivity contribution in [3.05, 3.63) is 106 Å². The van der Waals surface area contributed by atoms with Crippen LogP contribution in [0.4, 0.5) is 0 Å². The molecule has 0 heterocycles. The van der Waals surface area contributed by atoms with Crippen LogP contribution in [-0.2, 0) is 12.8 Å². The van der Waals surface area contributed by atoms with Gasteiger partial charge in [0.2, 0.25) is 0 Å². The van der Waals surface area contributed by atoms with Crippen molar-refractivity contribution in [3.8, 4) is 11.8 Å². The van der Waals surface area contributed by atoms with Crippen LogP contribution in [0.5, 0.6) is 0 Å². The Balaban J connectivity index is 1.24. The van der Waals surface area contributed by atoms with Crippen molar-refractivity contribution in [2.45, 2.75) is 63.2 Å². The molecule has 0 amide bonds. The minimum absolute atomic E-state index is 0.634. The number of fused-ring (bicyclic) bond motifs is 1. The summed E-state index contributed by atoms with van der Waals surface area (Å²) in [5, 5.41) is 0. The smallest absolute Gasteiger partial charge is 0.0249 e. The molecule has 1 atom stereocenters. The van der Waals surface area contributed by atoms with E-state index >= 15 is 0 Å². The number of aryl methyl sites for hydroxylation is 1. The van der Waals surface area contributed by atoms with Crippen molar-refractivity contribution < 1.29 is 0 Å². The fraction of sp³-hybridized carbons (Fsp3) is 0.333. The third-order valence-corrected chi connectivity index (χ3v) is 7.07.